The number of nitrogens with one attached hydrogen (secondary N) is 2. The summed E-state index contributed by atoms with van der Waals surface area (Å²) in [5.41, 5.74) is 4.30. The number of amides is 2. The zero-order valence-electron chi connectivity index (χ0n) is 17.1. The molecule has 0 unspecified atom stereocenters. The van der Waals surface area contributed by atoms with Crippen molar-refractivity contribution in [3.8, 4) is 11.4 Å². The number of benzene rings is 2. The second-order valence-corrected chi connectivity index (χ2v) is 7.62. The Morgan fingerprint density at radius 3 is 2.50 bits per heavy atom. The highest BCUT2D eigenvalue weighted by Crippen LogP contribution is 2.27. The summed E-state index contributed by atoms with van der Waals surface area (Å²) in [6, 6.07) is 17.5. The third kappa shape index (κ3) is 4.43. The summed E-state index contributed by atoms with van der Waals surface area (Å²) in [4.78, 5) is 28.9. The van der Waals surface area contributed by atoms with Crippen molar-refractivity contribution in [1.82, 2.24) is 14.9 Å². The van der Waals surface area contributed by atoms with E-state index in [0.29, 0.717) is 12.2 Å². The highest BCUT2D eigenvalue weighted by molar-refractivity contribution is 5.94. The van der Waals surface area contributed by atoms with Gasteiger partial charge in [0.15, 0.2) is 0 Å². The molecule has 6 heteroatoms. The van der Waals surface area contributed by atoms with Gasteiger partial charge in [0.2, 0.25) is 5.91 Å². The fraction of sp³-hybridized carbons (Fsp3) is 0.292. The Hall–Kier alpha value is -3.41. The maximum Gasteiger partial charge on any atom is 0.272 e. The molecular weight excluding hydrogens is 376 g/mol. The van der Waals surface area contributed by atoms with Crippen LogP contribution >= 0.6 is 0 Å². The first kappa shape index (κ1) is 19.9. The SMILES string of the molecule is CC(=O)Nc1ccc(CNC(=O)c2nc(-c3ccccc3)n3c2CCCCC3)cc1. The van der Waals surface area contributed by atoms with Gasteiger partial charge in [0.25, 0.3) is 5.91 Å². The molecule has 0 fully saturated rings. The number of anilines is 1. The van der Waals surface area contributed by atoms with Crippen molar-refractivity contribution < 1.29 is 9.59 Å². The van der Waals surface area contributed by atoms with Gasteiger partial charge in [0.1, 0.15) is 11.5 Å². The topological polar surface area (TPSA) is 76.0 Å². The third-order valence-electron chi connectivity index (χ3n) is 5.34. The molecule has 2 aromatic carbocycles. The molecule has 1 aromatic heterocycles. The molecule has 2 amide bonds. The smallest absolute Gasteiger partial charge is 0.272 e. The molecule has 1 aliphatic heterocycles. The number of nitrogens with zero attached hydrogens (tertiary/aromatic N) is 2. The van der Waals surface area contributed by atoms with E-state index in [0.717, 1.165) is 60.6 Å². The van der Waals surface area contributed by atoms with E-state index in [1.807, 2.05) is 54.6 Å². The summed E-state index contributed by atoms with van der Waals surface area (Å²) in [5, 5.41) is 5.75. The van der Waals surface area contributed by atoms with Crippen molar-refractivity contribution in [2.75, 3.05) is 5.32 Å². The quantitative estimate of drug-likeness (QED) is 0.673. The largest absolute Gasteiger partial charge is 0.347 e. The van der Waals surface area contributed by atoms with Gasteiger partial charge in [-0.15, -0.1) is 0 Å². The molecule has 0 aliphatic carbocycles. The van der Waals surface area contributed by atoms with E-state index < -0.39 is 0 Å². The molecule has 6 nitrogen and oxygen atoms in total. The minimum Gasteiger partial charge on any atom is -0.347 e. The van der Waals surface area contributed by atoms with Gasteiger partial charge in [-0.1, -0.05) is 48.9 Å². The molecule has 2 heterocycles. The Kier molecular flexibility index (Phi) is 5.93. The fourth-order valence-corrected chi connectivity index (χ4v) is 3.88. The van der Waals surface area contributed by atoms with Crippen molar-refractivity contribution in [3.05, 3.63) is 71.5 Å². The fourth-order valence-electron chi connectivity index (χ4n) is 3.88. The molecule has 0 saturated carbocycles. The van der Waals surface area contributed by atoms with Crippen molar-refractivity contribution >= 4 is 17.5 Å². The van der Waals surface area contributed by atoms with Crippen LogP contribution in [0.3, 0.4) is 0 Å². The molecule has 2 N–H and O–H groups in total. The first-order valence-corrected chi connectivity index (χ1v) is 10.4. The Morgan fingerprint density at radius 2 is 1.77 bits per heavy atom. The van der Waals surface area contributed by atoms with Crippen LogP contribution in [0.25, 0.3) is 11.4 Å². The number of carbonyl (C=O) groups is 2. The van der Waals surface area contributed by atoms with Crippen LogP contribution in [-0.2, 0) is 24.3 Å². The predicted octanol–water partition coefficient (Wildman–Crippen LogP) is 4.16. The Bertz CT molecular complexity index is 1040. The van der Waals surface area contributed by atoms with Crippen LogP contribution in [0, 0.1) is 0 Å². The molecule has 0 bridgehead atoms. The molecule has 0 spiro atoms. The van der Waals surface area contributed by atoms with Crippen LogP contribution in [0.2, 0.25) is 0 Å². The Balaban J connectivity index is 1.54. The van der Waals surface area contributed by atoms with Gasteiger partial charge < -0.3 is 15.2 Å². The summed E-state index contributed by atoms with van der Waals surface area (Å²) in [7, 11) is 0. The van der Waals surface area contributed by atoms with Crippen LogP contribution < -0.4 is 10.6 Å². The zero-order chi connectivity index (χ0) is 20.9. The van der Waals surface area contributed by atoms with Crippen LogP contribution in [0.1, 0.15) is 47.9 Å². The summed E-state index contributed by atoms with van der Waals surface area (Å²) < 4.78 is 2.22. The average Bonchev–Trinajstić information content (AvgIpc) is 2.94. The van der Waals surface area contributed by atoms with Crippen molar-refractivity contribution in [2.45, 2.75) is 45.7 Å². The highest BCUT2D eigenvalue weighted by Gasteiger charge is 2.24. The van der Waals surface area contributed by atoms with E-state index in [1.54, 1.807) is 0 Å². The average molecular weight is 402 g/mol. The minimum atomic E-state index is -0.145. The number of fused-ring (bicyclic) bond motifs is 1. The van der Waals surface area contributed by atoms with E-state index in [4.69, 9.17) is 4.98 Å². The zero-order valence-corrected chi connectivity index (χ0v) is 17.1. The standard InChI is InChI=1S/C24H26N4O2/c1-17(29)26-20-13-11-18(12-14-20)16-25-24(30)22-21-10-6-3-7-15-28(21)23(27-22)19-8-4-2-5-9-19/h2,4-5,8-9,11-14H,3,6-7,10,15-16H2,1H3,(H,25,30)(H,26,29). The second kappa shape index (κ2) is 8.95. The van der Waals surface area contributed by atoms with E-state index in [9.17, 15) is 9.59 Å². The Labute approximate surface area is 176 Å². The second-order valence-electron chi connectivity index (χ2n) is 7.62. The lowest BCUT2D eigenvalue weighted by Crippen LogP contribution is -2.24. The number of hydrogen-bond acceptors (Lipinski definition) is 3. The lowest BCUT2D eigenvalue weighted by Gasteiger charge is -2.09. The van der Waals surface area contributed by atoms with Crippen LogP contribution in [0.4, 0.5) is 5.69 Å². The summed E-state index contributed by atoms with van der Waals surface area (Å²) >= 11 is 0. The van der Waals surface area contributed by atoms with Gasteiger partial charge in [-0.3, -0.25) is 9.59 Å². The summed E-state index contributed by atoms with van der Waals surface area (Å²) in [5.74, 6) is 0.622. The predicted molar refractivity (Wildman–Crippen MR) is 117 cm³/mol. The summed E-state index contributed by atoms with van der Waals surface area (Å²) in [6.07, 6.45) is 4.21. The molecular formula is C24H26N4O2. The van der Waals surface area contributed by atoms with Gasteiger partial charge in [0, 0.05) is 31.3 Å². The summed E-state index contributed by atoms with van der Waals surface area (Å²) in [6.45, 7) is 2.78. The highest BCUT2D eigenvalue weighted by atomic mass is 16.2. The maximum atomic E-state index is 13.0. The third-order valence-corrected chi connectivity index (χ3v) is 5.34. The normalized spacial score (nSPS) is 13.2. The molecule has 4 rings (SSSR count). The number of imidazole rings is 1. The maximum absolute atomic E-state index is 13.0. The number of hydrogen-bond donors (Lipinski definition) is 2. The van der Waals surface area contributed by atoms with Gasteiger partial charge in [0.05, 0.1) is 5.69 Å². The lowest BCUT2D eigenvalue weighted by molar-refractivity contribution is -0.114. The van der Waals surface area contributed by atoms with E-state index in [-0.39, 0.29) is 11.8 Å². The van der Waals surface area contributed by atoms with E-state index >= 15 is 0 Å². The van der Waals surface area contributed by atoms with E-state index in [1.165, 1.54) is 6.92 Å². The van der Waals surface area contributed by atoms with Gasteiger partial charge in [-0.25, -0.2) is 4.98 Å². The number of carbonyl (C=O) groups excluding carboxylic acids is 2. The molecule has 0 atom stereocenters. The molecule has 30 heavy (non-hydrogen) atoms. The van der Waals surface area contributed by atoms with Crippen molar-refractivity contribution in [1.29, 1.82) is 0 Å². The van der Waals surface area contributed by atoms with Crippen LogP contribution in [0.5, 0.6) is 0 Å². The van der Waals surface area contributed by atoms with Crippen molar-refractivity contribution in [3.63, 3.8) is 0 Å². The minimum absolute atomic E-state index is 0.106. The molecule has 3 aromatic rings. The van der Waals surface area contributed by atoms with Gasteiger partial charge in [-0.05, 0) is 37.0 Å². The van der Waals surface area contributed by atoms with Crippen LogP contribution in [0.15, 0.2) is 54.6 Å². The van der Waals surface area contributed by atoms with Gasteiger partial charge in [-0.2, -0.15) is 0 Å². The van der Waals surface area contributed by atoms with Gasteiger partial charge >= 0.3 is 0 Å². The first-order valence-electron chi connectivity index (χ1n) is 10.4. The lowest BCUT2D eigenvalue weighted by atomic mass is 10.1. The van der Waals surface area contributed by atoms with Crippen molar-refractivity contribution in [2.24, 2.45) is 0 Å². The molecule has 0 radical (unpaired) electrons. The monoisotopic (exact) mass is 402 g/mol. The molecule has 0 saturated heterocycles. The Morgan fingerprint density at radius 1 is 1.00 bits per heavy atom. The molecule has 154 valence electrons. The van der Waals surface area contributed by atoms with E-state index in [2.05, 4.69) is 15.2 Å². The molecule has 1 aliphatic rings. The number of rotatable bonds is 5. The van der Waals surface area contributed by atoms with Crippen LogP contribution in [-0.4, -0.2) is 21.4 Å². The number of aromatic nitrogens is 2. The first-order chi connectivity index (χ1) is 14.6.